The summed E-state index contributed by atoms with van der Waals surface area (Å²) in [5.41, 5.74) is 2.66. The fraction of sp³-hybridized carbons (Fsp3) is 0.111. The first-order valence-corrected chi connectivity index (χ1v) is 6.61. The lowest BCUT2D eigenvalue weighted by molar-refractivity contribution is 0.104. The molecule has 21 heavy (non-hydrogen) atoms. The van der Waals surface area contributed by atoms with Gasteiger partial charge in [0.25, 0.3) is 0 Å². The summed E-state index contributed by atoms with van der Waals surface area (Å²) in [7, 11) is 0. The maximum Gasteiger partial charge on any atom is 0.220 e. The van der Waals surface area contributed by atoms with Crippen LogP contribution in [0.2, 0.25) is 0 Å². The van der Waals surface area contributed by atoms with Gasteiger partial charge in [-0.25, -0.2) is 0 Å². The molecule has 106 valence electrons. The van der Waals surface area contributed by atoms with E-state index in [-0.39, 0.29) is 5.56 Å². The molecule has 1 N–H and O–H groups in total. The van der Waals surface area contributed by atoms with Crippen LogP contribution in [0.1, 0.15) is 27.0 Å². The Bertz CT molecular complexity index is 774. The third-order valence-corrected chi connectivity index (χ3v) is 3.33. The molecule has 0 aliphatic rings. The van der Waals surface area contributed by atoms with E-state index >= 15 is 0 Å². The highest BCUT2D eigenvalue weighted by atomic mass is 16.3. The Labute approximate surface area is 123 Å². The van der Waals surface area contributed by atoms with Crippen molar-refractivity contribution in [1.29, 1.82) is 0 Å². The summed E-state index contributed by atoms with van der Waals surface area (Å²) in [5, 5.41) is 9.74. The first-order chi connectivity index (χ1) is 9.99. The zero-order chi connectivity index (χ0) is 15.4. The average Bonchev–Trinajstić information content (AvgIpc) is 2.62. The van der Waals surface area contributed by atoms with Gasteiger partial charge in [0.2, 0.25) is 5.43 Å². The van der Waals surface area contributed by atoms with Gasteiger partial charge in [-0.15, -0.1) is 0 Å². The van der Waals surface area contributed by atoms with Crippen molar-refractivity contribution in [3.8, 4) is 5.75 Å². The molecule has 0 bridgehead atoms. The standard InChI is InChI=1S/C18H16O3/c1-12-7-8-14(11-13(12)2)9-10-16(19)15-5-3-4-6-17(20)18(15)21/h3-11H,1-2H3,(H,20,21)/b10-9-. The molecule has 0 radical (unpaired) electrons. The van der Waals surface area contributed by atoms with Gasteiger partial charge in [-0.3, -0.25) is 9.59 Å². The van der Waals surface area contributed by atoms with Crippen molar-refractivity contribution in [2.24, 2.45) is 0 Å². The quantitative estimate of drug-likeness (QED) is 0.693. The predicted molar refractivity (Wildman–Crippen MR) is 83.7 cm³/mol. The van der Waals surface area contributed by atoms with Crippen LogP contribution in [0, 0.1) is 13.8 Å². The molecule has 3 nitrogen and oxygen atoms in total. The molecule has 3 heteroatoms. The summed E-state index contributed by atoms with van der Waals surface area (Å²) in [5.74, 6) is -0.922. The van der Waals surface area contributed by atoms with Crippen LogP contribution in [0.3, 0.4) is 0 Å². The summed E-state index contributed by atoms with van der Waals surface area (Å²) in [6.45, 7) is 4.02. The number of ketones is 1. The summed E-state index contributed by atoms with van der Waals surface area (Å²) >= 11 is 0. The lowest BCUT2D eigenvalue weighted by atomic mass is 10.0. The van der Waals surface area contributed by atoms with E-state index < -0.39 is 17.0 Å². The summed E-state index contributed by atoms with van der Waals surface area (Å²) in [6.07, 6.45) is 3.03. The molecule has 0 saturated heterocycles. The lowest BCUT2D eigenvalue weighted by Crippen LogP contribution is -2.01. The van der Waals surface area contributed by atoms with Crippen LogP contribution in [0.5, 0.6) is 5.75 Å². The smallest absolute Gasteiger partial charge is 0.220 e. The van der Waals surface area contributed by atoms with Gasteiger partial charge >= 0.3 is 0 Å². The molecular formula is C18H16O3. The Morgan fingerprint density at radius 3 is 2.48 bits per heavy atom. The van der Waals surface area contributed by atoms with Gasteiger partial charge in [-0.05, 0) is 48.7 Å². The van der Waals surface area contributed by atoms with Crippen molar-refractivity contribution in [2.75, 3.05) is 0 Å². The van der Waals surface area contributed by atoms with Crippen molar-refractivity contribution in [3.05, 3.63) is 81.0 Å². The van der Waals surface area contributed by atoms with Crippen LogP contribution in [0.25, 0.3) is 6.08 Å². The van der Waals surface area contributed by atoms with E-state index in [1.54, 1.807) is 12.1 Å². The molecule has 0 aliphatic heterocycles. The second-order valence-electron chi connectivity index (χ2n) is 4.89. The number of aromatic hydroxyl groups is 1. The molecular weight excluding hydrogens is 264 g/mol. The Balaban J connectivity index is 2.32. The number of benzene rings is 1. The van der Waals surface area contributed by atoms with Crippen molar-refractivity contribution < 1.29 is 9.90 Å². The predicted octanol–water partition coefficient (Wildman–Crippen LogP) is 3.27. The molecule has 2 aromatic carbocycles. The minimum atomic E-state index is -0.567. The largest absolute Gasteiger partial charge is 0.504 e. The molecule has 0 heterocycles. The van der Waals surface area contributed by atoms with E-state index in [2.05, 4.69) is 0 Å². The zero-order valence-corrected chi connectivity index (χ0v) is 12.0. The molecule has 0 atom stereocenters. The molecule has 0 fully saturated rings. The number of carbonyl (C=O) groups is 1. The van der Waals surface area contributed by atoms with Gasteiger partial charge in [0, 0.05) is 0 Å². The van der Waals surface area contributed by atoms with Crippen molar-refractivity contribution in [2.45, 2.75) is 13.8 Å². The van der Waals surface area contributed by atoms with Crippen molar-refractivity contribution in [1.82, 2.24) is 0 Å². The topological polar surface area (TPSA) is 54.4 Å². The van der Waals surface area contributed by atoms with Crippen LogP contribution in [-0.2, 0) is 0 Å². The molecule has 0 spiro atoms. The molecule has 2 rings (SSSR count). The van der Waals surface area contributed by atoms with E-state index in [4.69, 9.17) is 0 Å². The number of hydrogen-bond acceptors (Lipinski definition) is 3. The van der Waals surface area contributed by atoms with Crippen LogP contribution < -0.4 is 5.43 Å². The van der Waals surface area contributed by atoms with E-state index in [0.29, 0.717) is 0 Å². The SMILES string of the molecule is Cc1ccc(/C=C\C(=O)c2ccccc(=O)c2O)cc1C. The van der Waals surface area contributed by atoms with Gasteiger partial charge in [0.15, 0.2) is 11.5 Å². The molecule has 0 saturated carbocycles. The van der Waals surface area contributed by atoms with Crippen LogP contribution in [0.15, 0.2) is 53.3 Å². The second-order valence-corrected chi connectivity index (χ2v) is 4.89. The number of carbonyl (C=O) groups excluding carboxylic acids is 1. The Hall–Kier alpha value is -2.68. The number of hydrogen-bond donors (Lipinski definition) is 1. The van der Waals surface area contributed by atoms with Gasteiger partial charge in [-0.2, -0.15) is 0 Å². The highest BCUT2D eigenvalue weighted by Gasteiger charge is 2.09. The maximum atomic E-state index is 12.1. The third kappa shape index (κ3) is 3.45. The van der Waals surface area contributed by atoms with Gasteiger partial charge in [-0.1, -0.05) is 36.4 Å². The molecule has 2 aromatic rings. The fourth-order valence-electron chi connectivity index (χ4n) is 1.91. The van der Waals surface area contributed by atoms with Crippen LogP contribution in [-0.4, -0.2) is 10.9 Å². The number of rotatable bonds is 3. The number of allylic oxidation sites excluding steroid dienone is 1. The molecule has 0 amide bonds. The van der Waals surface area contributed by atoms with Crippen LogP contribution in [0.4, 0.5) is 0 Å². The Kier molecular flexibility index (Phi) is 4.33. The minimum absolute atomic E-state index is 0.00471. The van der Waals surface area contributed by atoms with Gasteiger partial charge in [0.1, 0.15) is 0 Å². The van der Waals surface area contributed by atoms with Crippen LogP contribution >= 0.6 is 0 Å². The second kappa shape index (κ2) is 6.18. The van der Waals surface area contributed by atoms with E-state index in [9.17, 15) is 14.7 Å². The maximum absolute atomic E-state index is 12.1. The normalized spacial score (nSPS) is 10.8. The minimum Gasteiger partial charge on any atom is -0.504 e. The highest BCUT2D eigenvalue weighted by molar-refractivity contribution is 6.08. The lowest BCUT2D eigenvalue weighted by Gasteiger charge is -2.00. The third-order valence-electron chi connectivity index (χ3n) is 3.33. The molecule has 0 aliphatic carbocycles. The highest BCUT2D eigenvalue weighted by Crippen LogP contribution is 2.14. The van der Waals surface area contributed by atoms with Crippen molar-refractivity contribution >= 4 is 11.9 Å². The van der Waals surface area contributed by atoms with Crippen molar-refractivity contribution in [3.63, 3.8) is 0 Å². The van der Waals surface area contributed by atoms with E-state index in [1.807, 2.05) is 32.0 Å². The fourth-order valence-corrected chi connectivity index (χ4v) is 1.91. The first-order valence-electron chi connectivity index (χ1n) is 6.61. The van der Waals surface area contributed by atoms with Gasteiger partial charge < -0.3 is 5.11 Å². The summed E-state index contributed by atoms with van der Waals surface area (Å²) in [6, 6.07) is 11.6. The Morgan fingerprint density at radius 2 is 1.76 bits per heavy atom. The van der Waals surface area contributed by atoms with Gasteiger partial charge in [0.05, 0.1) is 5.56 Å². The average molecular weight is 280 g/mol. The van der Waals surface area contributed by atoms with E-state index in [0.717, 1.165) is 11.1 Å². The first kappa shape index (κ1) is 14.7. The monoisotopic (exact) mass is 280 g/mol. The Morgan fingerprint density at radius 1 is 1.05 bits per heavy atom. The number of aryl methyl sites for hydroxylation is 2. The molecule has 0 aromatic heterocycles. The summed E-state index contributed by atoms with van der Waals surface area (Å²) < 4.78 is 0. The summed E-state index contributed by atoms with van der Waals surface area (Å²) in [4.78, 5) is 23.6. The van der Waals surface area contributed by atoms with E-state index in [1.165, 1.54) is 29.8 Å². The molecule has 0 unspecified atom stereocenters. The zero-order valence-electron chi connectivity index (χ0n) is 12.0.